The first-order chi connectivity index (χ1) is 11.5. The summed E-state index contributed by atoms with van der Waals surface area (Å²) in [6, 6.07) is 14.7. The van der Waals surface area contributed by atoms with Crippen molar-refractivity contribution in [3.63, 3.8) is 0 Å². The van der Waals surface area contributed by atoms with E-state index in [4.69, 9.17) is 4.74 Å². The Balaban J connectivity index is 1.76. The van der Waals surface area contributed by atoms with Gasteiger partial charge in [0.25, 0.3) is 0 Å². The summed E-state index contributed by atoms with van der Waals surface area (Å²) in [5.41, 5.74) is 4.87. The second-order valence-electron chi connectivity index (χ2n) is 6.73. The second-order valence-corrected chi connectivity index (χ2v) is 6.73. The van der Waals surface area contributed by atoms with Crippen LogP contribution in [0.1, 0.15) is 31.4 Å². The molecule has 2 aromatic rings. The molecule has 0 radical (unpaired) electrons. The summed E-state index contributed by atoms with van der Waals surface area (Å²) >= 11 is 0. The van der Waals surface area contributed by atoms with E-state index in [2.05, 4.69) is 68.7 Å². The van der Waals surface area contributed by atoms with E-state index in [0.717, 1.165) is 37.6 Å². The molecule has 130 valence electrons. The smallest absolute Gasteiger partial charge is 0.121 e. The Bertz CT molecular complexity index is 637. The van der Waals surface area contributed by atoms with Gasteiger partial charge in [-0.3, -0.25) is 0 Å². The van der Waals surface area contributed by atoms with Gasteiger partial charge in [-0.05, 0) is 55.5 Å². The summed E-state index contributed by atoms with van der Waals surface area (Å²) < 4.78 is 5.81. The van der Waals surface area contributed by atoms with Crippen LogP contribution in [0.4, 0.5) is 11.4 Å². The molecule has 3 heteroatoms. The molecule has 0 fully saturated rings. The number of hydrogen-bond acceptors (Lipinski definition) is 3. The molecule has 0 aromatic heterocycles. The van der Waals surface area contributed by atoms with Gasteiger partial charge < -0.3 is 15.4 Å². The Morgan fingerprint density at radius 1 is 0.958 bits per heavy atom. The number of ether oxygens (including phenoxy) is 1. The van der Waals surface area contributed by atoms with Crippen molar-refractivity contribution in [3.05, 3.63) is 53.6 Å². The highest BCUT2D eigenvalue weighted by Gasteiger charge is 2.00. The molecule has 0 aliphatic heterocycles. The molecule has 2 rings (SSSR count). The standard InChI is InChI=1S/C21H30N2O/c1-16(2)10-13-24-20-7-5-6-19(15-20)22-11-12-23-21-14-17(3)8-9-18(21)4/h5-9,14-16,22-23H,10-13H2,1-4H3. The van der Waals surface area contributed by atoms with Crippen molar-refractivity contribution < 1.29 is 4.74 Å². The third kappa shape index (κ3) is 6.15. The van der Waals surface area contributed by atoms with Crippen molar-refractivity contribution in [1.29, 1.82) is 0 Å². The van der Waals surface area contributed by atoms with Crippen LogP contribution in [0.15, 0.2) is 42.5 Å². The van der Waals surface area contributed by atoms with Crippen LogP contribution in [0.5, 0.6) is 5.75 Å². The van der Waals surface area contributed by atoms with Crippen LogP contribution in [0.3, 0.4) is 0 Å². The van der Waals surface area contributed by atoms with Gasteiger partial charge in [0, 0.05) is 30.5 Å². The van der Waals surface area contributed by atoms with Crippen LogP contribution >= 0.6 is 0 Å². The summed E-state index contributed by atoms with van der Waals surface area (Å²) in [5.74, 6) is 1.60. The maximum Gasteiger partial charge on any atom is 0.121 e. The molecule has 0 atom stereocenters. The Labute approximate surface area is 146 Å². The molecule has 0 heterocycles. The molecule has 3 nitrogen and oxygen atoms in total. The highest BCUT2D eigenvalue weighted by molar-refractivity contribution is 5.53. The summed E-state index contributed by atoms with van der Waals surface area (Å²) in [5, 5.41) is 6.94. The number of nitrogens with one attached hydrogen (secondary N) is 2. The van der Waals surface area contributed by atoms with E-state index in [-0.39, 0.29) is 0 Å². The lowest BCUT2D eigenvalue weighted by Crippen LogP contribution is -2.14. The van der Waals surface area contributed by atoms with Crippen molar-refractivity contribution in [1.82, 2.24) is 0 Å². The molecule has 0 saturated carbocycles. The van der Waals surface area contributed by atoms with Crippen molar-refractivity contribution in [3.8, 4) is 5.75 Å². The number of benzene rings is 2. The van der Waals surface area contributed by atoms with Gasteiger partial charge in [0.2, 0.25) is 0 Å². The van der Waals surface area contributed by atoms with Gasteiger partial charge in [-0.1, -0.05) is 32.0 Å². The number of rotatable bonds is 9. The number of aryl methyl sites for hydroxylation is 2. The maximum absolute atomic E-state index is 5.81. The fraction of sp³-hybridized carbons (Fsp3) is 0.429. The molecule has 0 unspecified atom stereocenters. The SMILES string of the molecule is Cc1ccc(C)c(NCCNc2cccc(OCCC(C)C)c2)c1. The average Bonchev–Trinajstić information content (AvgIpc) is 2.55. The van der Waals surface area contributed by atoms with Crippen LogP contribution in [0.2, 0.25) is 0 Å². The van der Waals surface area contributed by atoms with Gasteiger partial charge in [-0.15, -0.1) is 0 Å². The quantitative estimate of drug-likeness (QED) is 0.617. The van der Waals surface area contributed by atoms with E-state index in [1.165, 1.54) is 16.8 Å². The lowest BCUT2D eigenvalue weighted by Gasteiger charge is -2.13. The maximum atomic E-state index is 5.81. The predicted octanol–water partition coefficient (Wildman–Crippen LogP) is 5.25. The monoisotopic (exact) mass is 326 g/mol. The van der Waals surface area contributed by atoms with E-state index in [9.17, 15) is 0 Å². The molecule has 2 aromatic carbocycles. The van der Waals surface area contributed by atoms with Crippen LogP contribution < -0.4 is 15.4 Å². The molecule has 0 bridgehead atoms. The molecular weight excluding hydrogens is 296 g/mol. The first-order valence-corrected chi connectivity index (χ1v) is 8.82. The molecule has 0 aliphatic rings. The fourth-order valence-corrected chi connectivity index (χ4v) is 2.44. The Morgan fingerprint density at radius 2 is 1.75 bits per heavy atom. The summed E-state index contributed by atoms with van der Waals surface area (Å²) in [6.07, 6.45) is 1.08. The van der Waals surface area contributed by atoms with E-state index >= 15 is 0 Å². The first kappa shape index (κ1) is 18.2. The summed E-state index contributed by atoms with van der Waals surface area (Å²) in [7, 11) is 0. The molecule has 0 spiro atoms. The van der Waals surface area contributed by atoms with Gasteiger partial charge in [-0.2, -0.15) is 0 Å². The van der Waals surface area contributed by atoms with E-state index in [1.54, 1.807) is 0 Å². The Kier molecular flexibility index (Phi) is 6.98. The van der Waals surface area contributed by atoms with E-state index < -0.39 is 0 Å². The zero-order valence-electron chi connectivity index (χ0n) is 15.4. The van der Waals surface area contributed by atoms with Crippen LogP contribution in [0.25, 0.3) is 0 Å². The fourth-order valence-electron chi connectivity index (χ4n) is 2.44. The molecule has 24 heavy (non-hydrogen) atoms. The first-order valence-electron chi connectivity index (χ1n) is 8.82. The molecule has 0 amide bonds. The largest absolute Gasteiger partial charge is 0.494 e. The van der Waals surface area contributed by atoms with Gasteiger partial charge in [0.15, 0.2) is 0 Å². The Hall–Kier alpha value is -2.16. The van der Waals surface area contributed by atoms with Gasteiger partial charge in [0.1, 0.15) is 5.75 Å². The lowest BCUT2D eigenvalue weighted by atomic mass is 10.1. The normalized spacial score (nSPS) is 10.7. The van der Waals surface area contributed by atoms with E-state index in [1.807, 2.05) is 12.1 Å². The molecule has 0 aliphatic carbocycles. The van der Waals surface area contributed by atoms with Crippen molar-refractivity contribution >= 4 is 11.4 Å². The highest BCUT2D eigenvalue weighted by atomic mass is 16.5. The molecular formula is C21H30N2O. The second kappa shape index (κ2) is 9.21. The zero-order valence-corrected chi connectivity index (χ0v) is 15.4. The van der Waals surface area contributed by atoms with Crippen molar-refractivity contribution in [2.75, 3.05) is 30.3 Å². The minimum absolute atomic E-state index is 0.669. The van der Waals surface area contributed by atoms with Gasteiger partial charge >= 0.3 is 0 Å². The molecule has 2 N–H and O–H groups in total. The predicted molar refractivity (Wildman–Crippen MR) is 104 cm³/mol. The van der Waals surface area contributed by atoms with Crippen LogP contribution in [0, 0.1) is 19.8 Å². The minimum Gasteiger partial charge on any atom is -0.494 e. The number of anilines is 2. The highest BCUT2D eigenvalue weighted by Crippen LogP contribution is 2.18. The minimum atomic E-state index is 0.669. The van der Waals surface area contributed by atoms with Crippen LogP contribution in [-0.2, 0) is 0 Å². The average molecular weight is 326 g/mol. The van der Waals surface area contributed by atoms with Gasteiger partial charge in [-0.25, -0.2) is 0 Å². The van der Waals surface area contributed by atoms with E-state index in [0.29, 0.717) is 5.92 Å². The van der Waals surface area contributed by atoms with Crippen molar-refractivity contribution in [2.45, 2.75) is 34.1 Å². The third-order valence-electron chi connectivity index (χ3n) is 3.96. The summed E-state index contributed by atoms with van der Waals surface area (Å²) in [6.45, 7) is 11.2. The number of hydrogen-bond donors (Lipinski definition) is 2. The lowest BCUT2D eigenvalue weighted by molar-refractivity contribution is 0.289. The zero-order chi connectivity index (χ0) is 17.4. The topological polar surface area (TPSA) is 33.3 Å². The van der Waals surface area contributed by atoms with Gasteiger partial charge in [0.05, 0.1) is 6.61 Å². The third-order valence-corrected chi connectivity index (χ3v) is 3.96. The van der Waals surface area contributed by atoms with Crippen molar-refractivity contribution in [2.24, 2.45) is 5.92 Å². The van der Waals surface area contributed by atoms with Crippen LogP contribution in [-0.4, -0.2) is 19.7 Å². The summed E-state index contributed by atoms with van der Waals surface area (Å²) in [4.78, 5) is 0. The molecule has 0 saturated heterocycles. The Morgan fingerprint density at radius 3 is 2.54 bits per heavy atom.